The van der Waals surface area contributed by atoms with E-state index in [1.807, 2.05) is 31.2 Å². The molecular weight excluding hydrogens is 328 g/mol. The molecule has 102 valence electrons. The molecule has 0 aliphatic heterocycles. The maximum absolute atomic E-state index is 6.61. The Kier molecular flexibility index (Phi) is 4.94. The number of alkyl halides is 1. The zero-order valence-corrected chi connectivity index (χ0v) is 13.3. The van der Waals surface area contributed by atoms with Gasteiger partial charge in [-0.1, -0.05) is 22.9 Å². The van der Waals surface area contributed by atoms with Gasteiger partial charge in [-0.3, -0.25) is 0 Å². The molecule has 0 N–H and O–H groups in total. The van der Waals surface area contributed by atoms with Crippen molar-refractivity contribution in [1.82, 2.24) is 0 Å². The molecule has 0 spiro atoms. The summed E-state index contributed by atoms with van der Waals surface area (Å²) in [6.45, 7) is 4.63. The molecule has 2 aromatic rings. The maximum Gasteiger partial charge on any atom is 0.124 e. The van der Waals surface area contributed by atoms with Crippen molar-refractivity contribution in [2.75, 3.05) is 6.61 Å². The van der Waals surface area contributed by atoms with E-state index >= 15 is 0 Å². The molecular formula is C15H16BrClO2. The summed E-state index contributed by atoms with van der Waals surface area (Å²) in [6.07, 6.45) is 2.51. The summed E-state index contributed by atoms with van der Waals surface area (Å²) in [5.41, 5.74) is 1.96. The molecule has 2 nitrogen and oxygen atoms in total. The second kappa shape index (κ2) is 6.49. The molecule has 19 heavy (non-hydrogen) atoms. The average molecular weight is 344 g/mol. The van der Waals surface area contributed by atoms with Crippen LogP contribution in [0.1, 0.15) is 36.1 Å². The lowest BCUT2D eigenvalue weighted by molar-refractivity contribution is 0.336. The molecule has 0 aliphatic rings. The number of hydrogen-bond donors (Lipinski definition) is 0. The third-order valence-corrected chi connectivity index (χ3v) is 3.88. The normalized spacial score (nSPS) is 12.4. The summed E-state index contributed by atoms with van der Waals surface area (Å²) >= 11 is 10.1. The van der Waals surface area contributed by atoms with Crippen molar-refractivity contribution in [3.63, 3.8) is 0 Å². The minimum atomic E-state index is -0.271. The van der Waals surface area contributed by atoms with Gasteiger partial charge < -0.3 is 9.15 Å². The van der Waals surface area contributed by atoms with Gasteiger partial charge in [-0.2, -0.15) is 0 Å². The topological polar surface area (TPSA) is 22.4 Å². The highest BCUT2D eigenvalue weighted by atomic mass is 79.9. The van der Waals surface area contributed by atoms with Gasteiger partial charge in [-0.25, -0.2) is 0 Å². The number of rotatable bonds is 5. The lowest BCUT2D eigenvalue weighted by Crippen LogP contribution is -2.01. The minimum absolute atomic E-state index is 0.271. The summed E-state index contributed by atoms with van der Waals surface area (Å²) < 4.78 is 12.1. The fraction of sp³-hybridized carbons (Fsp3) is 0.333. The number of aryl methyl sites for hydroxylation is 1. The molecule has 1 atom stereocenters. The van der Waals surface area contributed by atoms with Crippen LogP contribution in [0, 0.1) is 0 Å². The summed E-state index contributed by atoms with van der Waals surface area (Å²) in [7, 11) is 0. The summed E-state index contributed by atoms with van der Waals surface area (Å²) in [4.78, 5) is 0. The Morgan fingerprint density at radius 2 is 2.05 bits per heavy atom. The van der Waals surface area contributed by atoms with Crippen LogP contribution in [0.3, 0.4) is 0 Å². The van der Waals surface area contributed by atoms with Crippen LogP contribution in [0.25, 0.3) is 0 Å². The summed E-state index contributed by atoms with van der Waals surface area (Å²) in [6, 6.07) is 7.81. The molecule has 1 aromatic carbocycles. The number of benzene rings is 1. The van der Waals surface area contributed by atoms with Crippen molar-refractivity contribution in [2.45, 2.75) is 25.6 Å². The number of furan rings is 1. The standard InChI is InChI=1S/C15H16BrClO2/c1-3-13-11(7-8-19-13)15(17)12-9-10(16)5-6-14(12)18-4-2/h5-9,15H,3-4H2,1-2H3. The van der Waals surface area contributed by atoms with Gasteiger partial charge in [0.1, 0.15) is 11.5 Å². The van der Waals surface area contributed by atoms with E-state index < -0.39 is 0 Å². The predicted octanol–water partition coefficient (Wildman–Crippen LogP) is 5.33. The Bertz CT molecular complexity index is 551. The smallest absolute Gasteiger partial charge is 0.124 e. The zero-order valence-electron chi connectivity index (χ0n) is 11.0. The first-order valence-electron chi connectivity index (χ1n) is 6.29. The molecule has 2 rings (SSSR count). The molecule has 0 saturated heterocycles. The molecule has 0 bridgehead atoms. The number of ether oxygens (including phenoxy) is 1. The second-order valence-corrected chi connectivity index (χ2v) is 5.48. The van der Waals surface area contributed by atoms with Crippen molar-refractivity contribution in [1.29, 1.82) is 0 Å². The van der Waals surface area contributed by atoms with Crippen LogP contribution < -0.4 is 4.74 Å². The van der Waals surface area contributed by atoms with E-state index in [0.29, 0.717) is 6.61 Å². The fourth-order valence-electron chi connectivity index (χ4n) is 2.04. The van der Waals surface area contributed by atoms with Gasteiger partial charge in [-0.05, 0) is 31.2 Å². The monoisotopic (exact) mass is 342 g/mol. The SMILES string of the molecule is CCOc1ccc(Br)cc1C(Cl)c1ccoc1CC. The van der Waals surface area contributed by atoms with E-state index in [1.165, 1.54) is 0 Å². The lowest BCUT2D eigenvalue weighted by Gasteiger charge is -2.15. The van der Waals surface area contributed by atoms with Gasteiger partial charge in [0, 0.05) is 22.0 Å². The van der Waals surface area contributed by atoms with E-state index in [-0.39, 0.29) is 5.38 Å². The first-order valence-corrected chi connectivity index (χ1v) is 7.52. The highest BCUT2D eigenvalue weighted by Gasteiger charge is 2.20. The Hall–Kier alpha value is -0.930. The predicted molar refractivity (Wildman–Crippen MR) is 81.1 cm³/mol. The zero-order chi connectivity index (χ0) is 13.8. The van der Waals surface area contributed by atoms with Gasteiger partial charge in [0.25, 0.3) is 0 Å². The van der Waals surface area contributed by atoms with Gasteiger partial charge >= 0.3 is 0 Å². The number of halogens is 2. The van der Waals surface area contributed by atoms with E-state index in [4.69, 9.17) is 20.8 Å². The Balaban J connectivity index is 2.42. The molecule has 4 heteroatoms. The van der Waals surface area contributed by atoms with Crippen LogP contribution in [0.15, 0.2) is 39.4 Å². The van der Waals surface area contributed by atoms with E-state index in [1.54, 1.807) is 6.26 Å². The summed E-state index contributed by atoms with van der Waals surface area (Å²) in [5, 5.41) is -0.271. The maximum atomic E-state index is 6.61. The third kappa shape index (κ3) is 3.15. The van der Waals surface area contributed by atoms with Crippen molar-refractivity contribution >= 4 is 27.5 Å². The Morgan fingerprint density at radius 1 is 1.26 bits per heavy atom. The van der Waals surface area contributed by atoms with E-state index in [2.05, 4.69) is 22.9 Å². The van der Waals surface area contributed by atoms with Crippen molar-refractivity contribution in [3.05, 3.63) is 51.9 Å². The van der Waals surface area contributed by atoms with Gasteiger partial charge in [0.05, 0.1) is 18.2 Å². The molecule has 0 amide bonds. The Morgan fingerprint density at radius 3 is 2.74 bits per heavy atom. The molecule has 0 radical (unpaired) electrons. The highest BCUT2D eigenvalue weighted by molar-refractivity contribution is 9.10. The van der Waals surface area contributed by atoms with Gasteiger partial charge in [-0.15, -0.1) is 11.6 Å². The van der Waals surface area contributed by atoms with Crippen LogP contribution >= 0.6 is 27.5 Å². The highest BCUT2D eigenvalue weighted by Crippen LogP contribution is 2.38. The van der Waals surface area contributed by atoms with Crippen LogP contribution in [0.2, 0.25) is 0 Å². The molecule has 1 heterocycles. The fourth-order valence-corrected chi connectivity index (χ4v) is 2.78. The van der Waals surface area contributed by atoms with Crippen LogP contribution in [0.5, 0.6) is 5.75 Å². The first kappa shape index (κ1) is 14.5. The van der Waals surface area contributed by atoms with Crippen molar-refractivity contribution < 1.29 is 9.15 Å². The largest absolute Gasteiger partial charge is 0.494 e. The average Bonchev–Trinajstić information content (AvgIpc) is 2.88. The lowest BCUT2D eigenvalue weighted by atomic mass is 10.0. The van der Waals surface area contributed by atoms with E-state index in [0.717, 1.165) is 33.5 Å². The van der Waals surface area contributed by atoms with Gasteiger partial charge in [0.15, 0.2) is 0 Å². The third-order valence-electron chi connectivity index (χ3n) is 2.92. The molecule has 1 aromatic heterocycles. The molecule has 0 fully saturated rings. The second-order valence-electron chi connectivity index (χ2n) is 4.13. The minimum Gasteiger partial charge on any atom is -0.494 e. The molecule has 0 aliphatic carbocycles. The molecule has 0 saturated carbocycles. The number of hydrogen-bond acceptors (Lipinski definition) is 2. The van der Waals surface area contributed by atoms with Crippen LogP contribution in [-0.2, 0) is 6.42 Å². The molecule has 1 unspecified atom stereocenters. The van der Waals surface area contributed by atoms with Crippen LogP contribution in [-0.4, -0.2) is 6.61 Å². The first-order chi connectivity index (χ1) is 9.17. The van der Waals surface area contributed by atoms with Crippen molar-refractivity contribution in [3.8, 4) is 5.75 Å². The van der Waals surface area contributed by atoms with E-state index in [9.17, 15) is 0 Å². The Labute approximate surface area is 126 Å². The van der Waals surface area contributed by atoms with Crippen molar-refractivity contribution in [2.24, 2.45) is 0 Å². The summed E-state index contributed by atoms with van der Waals surface area (Å²) in [5.74, 6) is 1.73. The quantitative estimate of drug-likeness (QED) is 0.684. The van der Waals surface area contributed by atoms with Crippen LogP contribution in [0.4, 0.5) is 0 Å². The van der Waals surface area contributed by atoms with Gasteiger partial charge in [0.2, 0.25) is 0 Å².